The van der Waals surface area contributed by atoms with Crippen LogP contribution in [0.1, 0.15) is 49.3 Å². The van der Waals surface area contributed by atoms with E-state index in [1.807, 2.05) is 12.5 Å². The largest absolute Gasteiger partial charge is 0.326 e. The Morgan fingerprint density at radius 3 is 2.66 bits per heavy atom. The maximum absolute atomic E-state index is 12.4. The number of hydrogen-bond acceptors (Lipinski definition) is 4. The van der Waals surface area contributed by atoms with Gasteiger partial charge in [0.25, 0.3) is 0 Å². The van der Waals surface area contributed by atoms with Gasteiger partial charge in [0.1, 0.15) is 0 Å². The lowest BCUT2D eigenvalue weighted by Crippen LogP contribution is -2.37. The molecule has 2 N–H and O–H groups in total. The van der Waals surface area contributed by atoms with Gasteiger partial charge in [-0.3, -0.25) is 4.79 Å². The minimum atomic E-state index is 0.0568. The van der Waals surface area contributed by atoms with Crippen molar-refractivity contribution in [2.75, 3.05) is 11.9 Å². The van der Waals surface area contributed by atoms with E-state index in [1.54, 1.807) is 24.3 Å². The van der Waals surface area contributed by atoms with Gasteiger partial charge in [0.05, 0.1) is 35.9 Å². The van der Waals surface area contributed by atoms with Gasteiger partial charge in [0.15, 0.2) is 0 Å². The first-order valence-electron chi connectivity index (χ1n) is 11.4. The molecule has 5 rings (SSSR count). The fourth-order valence-corrected chi connectivity index (χ4v) is 5.09. The molecule has 1 aromatic heterocycles. The molecular weight excluding hydrogens is 398 g/mol. The van der Waals surface area contributed by atoms with Crippen LogP contribution in [0.2, 0.25) is 0 Å². The zero-order chi connectivity index (χ0) is 21.9. The number of carbonyl (C=O) groups is 1. The van der Waals surface area contributed by atoms with Gasteiger partial charge in [-0.05, 0) is 61.4 Å². The van der Waals surface area contributed by atoms with E-state index in [4.69, 9.17) is 5.26 Å². The average molecular weight is 426 g/mol. The molecule has 1 atom stereocenters. The van der Waals surface area contributed by atoms with Crippen LogP contribution in [0, 0.1) is 17.2 Å². The Labute approximate surface area is 188 Å². The Kier molecular flexibility index (Phi) is 5.74. The summed E-state index contributed by atoms with van der Waals surface area (Å²) in [4.78, 5) is 16.8. The highest BCUT2D eigenvalue weighted by atomic mass is 16.1. The lowest BCUT2D eigenvalue weighted by Gasteiger charge is -2.30. The normalized spacial score (nSPS) is 21.4. The van der Waals surface area contributed by atoms with E-state index in [-0.39, 0.29) is 5.91 Å². The van der Waals surface area contributed by atoms with Crippen LogP contribution < -0.4 is 10.6 Å². The second-order valence-corrected chi connectivity index (χ2v) is 8.86. The highest BCUT2D eigenvalue weighted by Crippen LogP contribution is 2.38. The lowest BCUT2D eigenvalue weighted by atomic mass is 9.84. The van der Waals surface area contributed by atoms with Gasteiger partial charge in [-0.15, -0.1) is 0 Å². The number of nitriles is 1. The van der Waals surface area contributed by atoms with Crippen LogP contribution in [0.15, 0.2) is 61.1 Å². The minimum absolute atomic E-state index is 0.0568. The number of aromatic nitrogens is 2. The quantitative estimate of drug-likeness (QED) is 0.609. The van der Waals surface area contributed by atoms with Crippen LogP contribution in [0.5, 0.6) is 0 Å². The monoisotopic (exact) mass is 425 g/mol. The van der Waals surface area contributed by atoms with Crippen LogP contribution in [0.25, 0.3) is 11.3 Å². The molecule has 0 saturated heterocycles. The first-order chi connectivity index (χ1) is 15.7. The van der Waals surface area contributed by atoms with Crippen molar-refractivity contribution in [2.45, 2.75) is 44.2 Å². The maximum Gasteiger partial charge on any atom is 0.224 e. The Bertz CT molecular complexity index is 1140. The smallest absolute Gasteiger partial charge is 0.224 e. The summed E-state index contributed by atoms with van der Waals surface area (Å²) in [6, 6.07) is 18.5. The van der Waals surface area contributed by atoms with E-state index in [9.17, 15) is 4.79 Å². The number of hydrogen-bond donors (Lipinski definition) is 2. The Morgan fingerprint density at radius 2 is 1.88 bits per heavy atom. The number of fused-ring (bicyclic) bond motifs is 3. The summed E-state index contributed by atoms with van der Waals surface area (Å²) in [5.74, 6) is 0.486. The molecule has 1 aliphatic carbocycles. The van der Waals surface area contributed by atoms with Gasteiger partial charge in [0, 0.05) is 30.3 Å². The molecule has 6 heteroatoms. The van der Waals surface area contributed by atoms with Gasteiger partial charge in [-0.25, -0.2) is 4.98 Å². The summed E-state index contributed by atoms with van der Waals surface area (Å²) in [7, 11) is 0. The second-order valence-electron chi connectivity index (χ2n) is 8.86. The fraction of sp³-hybridized carbons (Fsp3) is 0.346. The molecule has 162 valence electrons. The first kappa shape index (κ1) is 20.5. The third-order valence-electron chi connectivity index (χ3n) is 6.82. The summed E-state index contributed by atoms with van der Waals surface area (Å²) in [6.07, 6.45) is 8.77. The molecule has 1 aliphatic heterocycles. The fourth-order valence-electron chi connectivity index (χ4n) is 5.09. The van der Waals surface area contributed by atoms with E-state index >= 15 is 0 Å². The number of carbonyl (C=O) groups excluding carboxylic acids is 1. The van der Waals surface area contributed by atoms with Crippen LogP contribution in [-0.2, 0) is 4.79 Å². The predicted molar refractivity (Wildman–Crippen MR) is 124 cm³/mol. The van der Waals surface area contributed by atoms with Gasteiger partial charge in [-0.1, -0.05) is 24.3 Å². The van der Waals surface area contributed by atoms with Crippen molar-refractivity contribution in [3.63, 3.8) is 0 Å². The summed E-state index contributed by atoms with van der Waals surface area (Å²) in [5.41, 5.74) is 5.20. The van der Waals surface area contributed by atoms with Gasteiger partial charge < -0.3 is 15.2 Å². The standard InChI is InChI=1S/C26H27N5O/c27-14-19-7-11-21(12-8-19)30-26(32)13-18-5-9-20(10-6-18)29-16-25-23-4-2-1-3-22(23)24-15-28-17-31(24)25/h1-4,7-8,11-12,15,17-18,20,25,29H,5-6,9-10,13,16H2,(H,30,32). The van der Waals surface area contributed by atoms with E-state index < -0.39 is 0 Å². The first-order valence-corrected chi connectivity index (χ1v) is 11.4. The van der Waals surface area contributed by atoms with Crippen molar-refractivity contribution in [3.8, 4) is 17.3 Å². The summed E-state index contributed by atoms with van der Waals surface area (Å²) < 4.78 is 2.27. The molecule has 0 spiro atoms. The third kappa shape index (κ3) is 4.17. The Hall–Kier alpha value is -3.43. The molecule has 1 unspecified atom stereocenters. The number of nitrogens with zero attached hydrogens (tertiary/aromatic N) is 3. The number of imidazole rings is 1. The second kappa shape index (κ2) is 8.97. The van der Waals surface area contributed by atoms with Crippen LogP contribution in [0.3, 0.4) is 0 Å². The van der Waals surface area contributed by atoms with Gasteiger partial charge >= 0.3 is 0 Å². The molecule has 1 saturated carbocycles. The SMILES string of the molecule is N#Cc1ccc(NC(=O)CC2CCC(NCC3c4ccccc4-c4cncn43)CC2)cc1. The molecule has 1 fully saturated rings. The number of nitrogens with one attached hydrogen (secondary N) is 2. The zero-order valence-electron chi connectivity index (χ0n) is 18.0. The van der Waals surface area contributed by atoms with Crippen molar-refractivity contribution in [3.05, 3.63) is 72.2 Å². The van der Waals surface area contributed by atoms with E-state index in [0.717, 1.165) is 37.9 Å². The van der Waals surface area contributed by atoms with Gasteiger partial charge in [0.2, 0.25) is 5.91 Å². The van der Waals surface area contributed by atoms with E-state index in [1.165, 1.54) is 16.8 Å². The van der Waals surface area contributed by atoms with Gasteiger partial charge in [-0.2, -0.15) is 5.26 Å². The predicted octanol–water partition coefficient (Wildman–Crippen LogP) is 4.50. The van der Waals surface area contributed by atoms with Crippen LogP contribution in [0.4, 0.5) is 5.69 Å². The highest BCUT2D eigenvalue weighted by Gasteiger charge is 2.29. The number of anilines is 1. The molecule has 0 bridgehead atoms. The highest BCUT2D eigenvalue weighted by molar-refractivity contribution is 5.90. The summed E-state index contributed by atoms with van der Waals surface area (Å²) in [5, 5.41) is 15.6. The summed E-state index contributed by atoms with van der Waals surface area (Å²) >= 11 is 0. The minimum Gasteiger partial charge on any atom is -0.326 e. The summed E-state index contributed by atoms with van der Waals surface area (Å²) in [6.45, 7) is 0.898. The Balaban J connectivity index is 1.10. The van der Waals surface area contributed by atoms with Crippen molar-refractivity contribution < 1.29 is 4.79 Å². The molecular formula is C26H27N5O. The number of benzene rings is 2. The molecule has 6 nitrogen and oxygen atoms in total. The molecule has 1 amide bonds. The Morgan fingerprint density at radius 1 is 1.09 bits per heavy atom. The molecule has 2 aromatic carbocycles. The maximum atomic E-state index is 12.4. The zero-order valence-corrected chi connectivity index (χ0v) is 18.0. The topological polar surface area (TPSA) is 82.7 Å². The van der Waals surface area contributed by atoms with Crippen molar-refractivity contribution in [1.82, 2.24) is 14.9 Å². The lowest BCUT2D eigenvalue weighted by molar-refractivity contribution is -0.117. The van der Waals surface area contributed by atoms with Crippen LogP contribution in [-0.4, -0.2) is 28.0 Å². The molecule has 2 aliphatic rings. The van der Waals surface area contributed by atoms with Crippen LogP contribution >= 0.6 is 0 Å². The van der Waals surface area contributed by atoms with E-state index in [2.05, 4.69) is 50.5 Å². The van der Waals surface area contributed by atoms with Crippen molar-refractivity contribution >= 4 is 11.6 Å². The number of amides is 1. The number of rotatable bonds is 6. The molecule has 2 heterocycles. The molecule has 3 aromatic rings. The third-order valence-corrected chi connectivity index (χ3v) is 6.82. The van der Waals surface area contributed by atoms with Crippen molar-refractivity contribution in [2.24, 2.45) is 5.92 Å². The average Bonchev–Trinajstić information content (AvgIpc) is 3.41. The van der Waals surface area contributed by atoms with E-state index in [0.29, 0.717) is 30.0 Å². The molecule has 0 radical (unpaired) electrons. The molecule has 32 heavy (non-hydrogen) atoms. The van der Waals surface area contributed by atoms with Crippen molar-refractivity contribution in [1.29, 1.82) is 5.26 Å².